The van der Waals surface area contributed by atoms with Crippen molar-refractivity contribution in [2.24, 2.45) is 5.92 Å². The second kappa shape index (κ2) is 10.6. The maximum absolute atomic E-state index is 13.9. The van der Waals surface area contributed by atoms with Crippen LogP contribution in [-0.4, -0.2) is 34.6 Å². The maximum Gasteiger partial charge on any atom is 0.308 e. The Kier molecular flexibility index (Phi) is 6.99. The van der Waals surface area contributed by atoms with Gasteiger partial charge in [0.25, 0.3) is 0 Å². The molecule has 6 rings (SSSR count). The van der Waals surface area contributed by atoms with Crippen molar-refractivity contribution in [3.63, 3.8) is 0 Å². The van der Waals surface area contributed by atoms with Crippen LogP contribution in [0.3, 0.4) is 0 Å². The largest absolute Gasteiger partial charge is 0.496 e. The van der Waals surface area contributed by atoms with Gasteiger partial charge in [-0.2, -0.15) is 0 Å². The van der Waals surface area contributed by atoms with Crippen molar-refractivity contribution in [2.45, 2.75) is 22.7 Å². The fraction of sp³-hybridized carbons (Fsp3) is 0.172. The highest BCUT2D eigenvalue weighted by molar-refractivity contribution is 8.00. The number of aromatic nitrogens is 1. The third-order valence-electron chi connectivity index (χ3n) is 6.97. The summed E-state index contributed by atoms with van der Waals surface area (Å²) in [5.74, 6) is -1.90. The van der Waals surface area contributed by atoms with Crippen molar-refractivity contribution >= 4 is 63.8 Å². The number of nitrogens with zero attached hydrogens (tertiary/aromatic N) is 2. The summed E-state index contributed by atoms with van der Waals surface area (Å²) in [7, 11) is 1.54. The van der Waals surface area contributed by atoms with Crippen LogP contribution >= 0.6 is 34.7 Å². The molecule has 3 atom stereocenters. The fourth-order valence-corrected chi connectivity index (χ4v) is 8.11. The zero-order chi connectivity index (χ0) is 28.0. The number of thioether (sulfide) groups is 1. The lowest BCUT2D eigenvalue weighted by Crippen LogP contribution is -2.33. The molecule has 1 N–H and O–H groups in total. The Balaban J connectivity index is 1.43. The van der Waals surface area contributed by atoms with Crippen molar-refractivity contribution in [2.75, 3.05) is 17.3 Å². The van der Waals surface area contributed by atoms with Crippen molar-refractivity contribution in [1.29, 1.82) is 0 Å². The molecule has 3 amide bonds. The lowest BCUT2D eigenvalue weighted by molar-refractivity contribution is -0.122. The molecule has 4 aromatic rings. The second-order valence-corrected chi connectivity index (χ2v) is 11.9. The zero-order valence-electron chi connectivity index (χ0n) is 21.1. The Morgan fingerprint density at radius 1 is 0.950 bits per heavy atom. The summed E-state index contributed by atoms with van der Waals surface area (Å²) in [4.78, 5) is 55.5. The third kappa shape index (κ3) is 4.51. The first-order valence-electron chi connectivity index (χ1n) is 12.4. The number of fused-ring (bicyclic) bond motifs is 2. The van der Waals surface area contributed by atoms with E-state index in [1.807, 2.05) is 24.3 Å². The van der Waals surface area contributed by atoms with E-state index in [0.29, 0.717) is 37.6 Å². The number of rotatable bonds is 6. The number of halogens is 1. The smallest absolute Gasteiger partial charge is 0.308 e. The standard InChI is InChI=1S/C29H22ClN3O5S2/c1-38-20-10-6-5-9-19(20)22-23-24(27(36)33(26(23)35)18-7-3-2-4-8-18)39-28-25(22)40-29(37)32(28)15-21(34)31-17-13-11-16(30)12-14-17/h2-14,22-24H,15H2,1H3,(H,31,34)/t22-,23-,24+/m0/s1. The van der Waals surface area contributed by atoms with E-state index in [9.17, 15) is 19.2 Å². The molecule has 40 heavy (non-hydrogen) atoms. The minimum absolute atomic E-state index is 0.249. The van der Waals surface area contributed by atoms with E-state index < -0.39 is 23.0 Å². The molecule has 0 bridgehead atoms. The van der Waals surface area contributed by atoms with Gasteiger partial charge >= 0.3 is 4.87 Å². The number of methoxy groups -OCH3 is 1. The molecule has 0 saturated carbocycles. The van der Waals surface area contributed by atoms with Crippen LogP contribution in [0.5, 0.6) is 5.75 Å². The van der Waals surface area contributed by atoms with E-state index in [2.05, 4.69) is 5.32 Å². The minimum Gasteiger partial charge on any atom is -0.496 e. The van der Waals surface area contributed by atoms with E-state index in [1.165, 1.54) is 21.2 Å². The van der Waals surface area contributed by atoms with Crippen LogP contribution in [0.4, 0.5) is 11.4 Å². The van der Waals surface area contributed by atoms with Crippen molar-refractivity contribution in [3.05, 3.63) is 104 Å². The van der Waals surface area contributed by atoms with Gasteiger partial charge in [0.05, 0.1) is 23.7 Å². The molecule has 1 saturated heterocycles. The van der Waals surface area contributed by atoms with Crippen LogP contribution in [0.1, 0.15) is 16.4 Å². The number of carbonyl (C=O) groups excluding carboxylic acids is 3. The van der Waals surface area contributed by atoms with E-state index in [1.54, 1.807) is 61.7 Å². The van der Waals surface area contributed by atoms with Gasteiger partial charge in [0, 0.05) is 27.1 Å². The molecule has 2 aliphatic heterocycles. The number of hydrogen-bond acceptors (Lipinski definition) is 7. The van der Waals surface area contributed by atoms with Gasteiger partial charge in [0.2, 0.25) is 17.7 Å². The molecule has 1 fully saturated rings. The first kappa shape index (κ1) is 26.4. The lowest BCUT2D eigenvalue weighted by atomic mass is 9.82. The van der Waals surface area contributed by atoms with E-state index in [4.69, 9.17) is 16.3 Å². The summed E-state index contributed by atoms with van der Waals surface area (Å²) in [5.41, 5.74) is 1.74. The highest BCUT2D eigenvalue weighted by atomic mass is 35.5. The number of imide groups is 1. The number of amides is 3. The van der Waals surface area contributed by atoms with E-state index >= 15 is 0 Å². The van der Waals surface area contributed by atoms with Crippen molar-refractivity contribution in [1.82, 2.24) is 4.57 Å². The van der Waals surface area contributed by atoms with Gasteiger partial charge < -0.3 is 10.1 Å². The number of nitrogens with one attached hydrogen (secondary N) is 1. The average Bonchev–Trinajstić information content (AvgIpc) is 3.40. The first-order chi connectivity index (χ1) is 19.4. The quantitative estimate of drug-likeness (QED) is 0.317. The topological polar surface area (TPSA) is 97.7 Å². The molecule has 3 heterocycles. The van der Waals surface area contributed by atoms with Crippen LogP contribution < -0.4 is 19.8 Å². The minimum atomic E-state index is -0.783. The van der Waals surface area contributed by atoms with Crippen LogP contribution in [0.25, 0.3) is 0 Å². The predicted molar refractivity (Wildman–Crippen MR) is 156 cm³/mol. The lowest BCUT2D eigenvalue weighted by Gasteiger charge is -2.31. The average molecular weight is 592 g/mol. The van der Waals surface area contributed by atoms with Crippen LogP contribution in [0.2, 0.25) is 5.02 Å². The molecule has 11 heteroatoms. The van der Waals surface area contributed by atoms with Gasteiger partial charge in [0.1, 0.15) is 17.5 Å². The summed E-state index contributed by atoms with van der Waals surface area (Å²) in [6.07, 6.45) is 0. The third-order valence-corrected chi connectivity index (χ3v) is 9.82. The van der Waals surface area contributed by atoms with Crippen molar-refractivity contribution < 1.29 is 19.1 Å². The summed E-state index contributed by atoms with van der Waals surface area (Å²) in [5, 5.41) is 3.05. The molecule has 0 spiro atoms. The maximum atomic E-state index is 13.9. The summed E-state index contributed by atoms with van der Waals surface area (Å²) in [6.45, 7) is -0.249. The number of benzene rings is 3. The fourth-order valence-electron chi connectivity index (χ4n) is 5.22. The van der Waals surface area contributed by atoms with Crippen LogP contribution in [0.15, 0.2) is 88.7 Å². The molecule has 0 aliphatic carbocycles. The van der Waals surface area contributed by atoms with E-state index in [0.717, 1.165) is 11.3 Å². The van der Waals surface area contributed by atoms with Gasteiger partial charge in [-0.25, -0.2) is 4.90 Å². The highest BCUT2D eigenvalue weighted by Gasteiger charge is 2.57. The van der Waals surface area contributed by atoms with Gasteiger partial charge in [-0.15, -0.1) is 0 Å². The second-order valence-electron chi connectivity index (χ2n) is 9.31. The Hall–Kier alpha value is -3.86. The van der Waals surface area contributed by atoms with Gasteiger partial charge in [0.15, 0.2) is 0 Å². The highest BCUT2D eigenvalue weighted by Crippen LogP contribution is 2.55. The van der Waals surface area contributed by atoms with Crippen LogP contribution in [-0.2, 0) is 20.9 Å². The zero-order valence-corrected chi connectivity index (χ0v) is 23.5. The van der Waals surface area contributed by atoms with Crippen LogP contribution in [0, 0.1) is 5.92 Å². The van der Waals surface area contributed by atoms with Gasteiger partial charge in [-0.1, -0.05) is 71.1 Å². The molecule has 8 nitrogen and oxygen atoms in total. The van der Waals surface area contributed by atoms with Gasteiger partial charge in [-0.05, 0) is 42.5 Å². The molecule has 2 aliphatic rings. The summed E-state index contributed by atoms with van der Waals surface area (Å²) in [6, 6.07) is 22.8. The number of thiazole rings is 1. The van der Waals surface area contributed by atoms with Crippen molar-refractivity contribution in [3.8, 4) is 5.75 Å². The number of ether oxygens (including phenoxy) is 1. The summed E-state index contributed by atoms with van der Waals surface area (Å²) < 4.78 is 7.03. The van der Waals surface area contributed by atoms with Gasteiger partial charge in [-0.3, -0.25) is 23.7 Å². The molecule has 0 radical (unpaired) electrons. The monoisotopic (exact) mass is 591 g/mol. The Labute approximate surface area is 242 Å². The Morgan fingerprint density at radius 2 is 1.65 bits per heavy atom. The first-order valence-corrected chi connectivity index (χ1v) is 14.5. The Morgan fingerprint density at radius 3 is 2.38 bits per heavy atom. The number of para-hydroxylation sites is 2. The molecular weight excluding hydrogens is 570 g/mol. The molecule has 0 unspecified atom stereocenters. The summed E-state index contributed by atoms with van der Waals surface area (Å²) >= 11 is 8.10. The molecule has 202 valence electrons. The Bertz CT molecular complexity index is 1690. The van der Waals surface area contributed by atoms with E-state index in [-0.39, 0.29) is 23.2 Å². The normalized spacial score (nSPS) is 19.8. The number of carbonyl (C=O) groups is 3. The molecule has 1 aromatic heterocycles. The molecule has 3 aromatic carbocycles. The SMILES string of the molecule is COc1ccccc1[C@@H]1c2sc(=O)n(CC(=O)Nc3ccc(Cl)cc3)c2S[C@H]2C(=O)N(c3ccccc3)C(=O)[C@@H]12. The predicted octanol–water partition coefficient (Wildman–Crippen LogP) is 5.01. The molecular formula is C29H22ClN3O5S2. The number of anilines is 2. The number of hydrogen-bond donors (Lipinski definition) is 1.